The van der Waals surface area contributed by atoms with Gasteiger partial charge in [0.15, 0.2) is 0 Å². The molecule has 0 spiro atoms. The van der Waals surface area contributed by atoms with Gasteiger partial charge < -0.3 is 5.73 Å². The molecule has 1 aromatic carbocycles. The fourth-order valence-corrected chi connectivity index (χ4v) is 1.94. The molecule has 84 valence electrons. The van der Waals surface area contributed by atoms with Crippen LogP contribution in [-0.4, -0.2) is 0 Å². The van der Waals surface area contributed by atoms with Crippen molar-refractivity contribution in [3.05, 3.63) is 33.8 Å². The van der Waals surface area contributed by atoms with Crippen LogP contribution in [0, 0.1) is 19.8 Å². The molecule has 1 nitrogen and oxygen atoms in total. The van der Waals surface area contributed by atoms with Crippen molar-refractivity contribution in [3.8, 4) is 0 Å². The molecule has 1 aromatic rings. The number of hydrogen-bond donors (Lipinski definition) is 1. The summed E-state index contributed by atoms with van der Waals surface area (Å²) in [6, 6.07) is 4.24. The molecule has 0 aliphatic rings. The summed E-state index contributed by atoms with van der Waals surface area (Å²) in [5, 5.41) is 0.826. The summed E-state index contributed by atoms with van der Waals surface area (Å²) in [5.41, 5.74) is 9.75. The molecule has 1 rings (SSSR count). The molecule has 2 N–H and O–H groups in total. The van der Waals surface area contributed by atoms with E-state index in [1.54, 1.807) is 0 Å². The lowest BCUT2D eigenvalue weighted by molar-refractivity contribution is 0.455. The Morgan fingerprint density at radius 1 is 1.27 bits per heavy atom. The normalized spacial score (nSPS) is 15.1. The Kier molecular flexibility index (Phi) is 4.18. The number of aryl methyl sites for hydroxylation is 2. The Labute approximate surface area is 97.6 Å². The van der Waals surface area contributed by atoms with Crippen molar-refractivity contribution < 1.29 is 0 Å². The molecule has 0 saturated carbocycles. The molecule has 0 saturated heterocycles. The predicted octanol–water partition coefficient (Wildman–Crippen LogP) is 4.00. The average molecular weight is 226 g/mol. The monoisotopic (exact) mass is 225 g/mol. The van der Waals surface area contributed by atoms with Crippen LogP contribution < -0.4 is 5.73 Å². The molecule has 0 amide bonds. The molecule has 0 aromatic heterocycles. The molecule has 2 atom stereocenters. The van der Waals surface area contributed by atoms with E-state index in [-0.39, 0.29) is 6.04 Å². The number of hydrogen-bond acceptors (Lipinski definition) is 1. The molecular weight excluding hydrogens is 206 g/mol. The predicted molar refractivity (Wildman–Crippen MR) is 67.3 cm³/mol. The van der Waals surface area contributed by atoms with Crippen LogP contribution in [0.4, 0.5) is 0 Å². The van der Waals surface area contributed by atoms with Gasteiger partial charge >= 0.3 is 0 Å². The van der Waals surface area contributed by atoms with Gasteiger partial charge in [0.05, 0.1) is 0 Å². The maximum absolute atomic E-state index is 6.23. The summed E-state index contributed by atoms with van der Waals surface area (Å²) in [6.45, 7) is 8.45. The zero-order valence-corrected chi connectivity index (χ0v) is 10.7. The summed E-state index contributed by atoms with van der Waals surface area (Å²) in [4.78, 5) is 0. The molecule has 2 unspecified atom stereocenters. The molecule has 0 heterocycles. The maximum Gasteiger partial charge on any atom is 0.0438 e. The number of nitrogens with two attached hydrogens (primary N) is 1. The second-order valence-corrected chi connectivity index (χ2v) is 4.78. The first-order chi connectivity index (χ1) is 6.97. The highest BCUT2D eigenvalue weighted by Crippen LogP contribution is 2.28. The van der Waals surface area contributed by atoms with E-state index < -0.39 is 0 Å². The van der Waals surface area contributed by atoms with Gasteiger partial charge in [0.25, 0.3) is 0 Å². The highest BCUT2D eigenvalue weighted by Gasteiger charge is 2.16. The van der Waals surface area contributed by atoms with E-state index in [0.717, 1.165) is 17.0 Å². The van der Waals surface area contributed by atoms with Crippen LogP contribution in [0.3, 0.4) is 0 Å². The Bertz CT molecular complexity index is 347. The summed E-state index contributed by atoms with van der Waals surface area (Å²) in [5.74, 6) is 0.504. The summed E-state index contributed by atoms with van der Waals surface area (Å²) < 4.78 is 0. The Morgan fingerprint density at radius 3 is 2.40 bits per heavy atom. The van der Waals surface area contributed by atoms with E-state index >= 15 is 0 Å². The number of halogens is 1. The van der Waals surface area contributed by atoms with Crippen LogP contribution in [0.2, 0.25) is 5.02 Å². The van der Waals surface area contributed by atoms with Crippen molar-refractivity contribution in [2.24, 2.45) is 11.7 Å². The highest BCUT2D eigenvalue weighted by atomic mass is 35.5. The van der Waals surface area contributed by atoms with Crippen LogP contribution in [-0.2, 0) is 0 Å². The smallest absolute Gasteiger partial charge is 0.0438 e. The van der Waals surface area contributed by atoms with E-state index in [9.17, 15) is 0 Å². The molecule has 0 bridgehead atoms. The zero-order valence-electron chi connectivity index (χ0n) is 9.97. The second-order valence-electron chi connectivity index (χ2n) is 4.37. The van der Waals surface area contributed by atoms with Crippen LogP contribution in [0.1, 0.15) is 43.0 Å². The molecular formula is C13H20ClN. The van der Waals surface area contributed by atoms with Gasteiger partial charge in [-0.3, -0.25) is 0 Å². The zero-order chi connectivity index (χ0) is 11.6. The number of rotatable bonds is 3. The maximum atomic E-state index is 6.23. The van der Waals surface area contributed by atoms with Crippen molar-refractivity contribution >= 4 is 11.6 Å². The molecule has 0 aliphatic carbocycles. The topological polar surface area (TPSA) is 26.0 Å². The first kappa shape index (κ1) is 12.5. The first-order valence-electron chi connectivity index (χ1n) is 5.49. The first-order valence-corrected chi connectivity index (χ1v) is 5.87. The van der Waals surface area contributed by atoms with Crippen molar-refractivity contribution in [1.29, 1.82) is 0 Å². The molecule has 0 radical (unpaired) electrons. The molecule has 15 heavy (non-hydrogen) atoms. The van der Waals surface area contributed by atoms with Gasteiger partial charge in [-0.05, 0) is 42.5 Å². The van der Waals surface area contributed by atoms with Crippen LogP contribution in [0.5, 0.6) is 0 Å². The van der Waals surface area contributed by atoms with E-state index in [0.29, 0.717) is 5.92 Å². The third-order valence-corrected chi connectivity index (χ3v) is 3.57. The Hall–Kier alpha value is -0.530. The second kappa shape index (κ2) is 5.00. The molecule has 2 heteroatoms. The molecule has 0 aliphatic heterocycles. The lowest BCUT2D eigenvalue weighted by Gasteiger charge is -2.21. The van der Waals surface area contributed by atoms with E-state index in [1.165, 1.54) is 11.1 Å². The van der Waals surface area contributed by atoms with Gasteiger partial charge in [0.1, 0.15) is 0 Å². The quantitative estimate of drug-likeness (QED) is 0.827. The lowest BCUT2D eigenvalue weighted by Crippen LogP contribution is -2.19. The van der Waals surface area contributed by atoms with Crippen molar-refractivity contribution in [2.75, 3.05) is 0 Å². The third-order valence-electron chi connectivity index (χ3n) is 3.16. The van der Waals surface area contributed by atoms with E-state index in [4.69, 9.17) is 17.3 Å². The van der Waals surface area contributed by atoms with E-state index in [2.05, 4.69) is 26.8 Å². The van der Waals surface area contributed by atoms with Crippen LogP contribution >= 0.6 is 11.6 Å². The van der Waals surface area contributed by atoms with Gasteiger partial charge in [-0.25, -0.2) is 0 Å². The fourth-order valence-electron chi connectivity index (χ4n) is 1.72. The largest absolute Gasteiger partial charge is 0.324 e. The molecule has 0 fully saturated rings. The van der Waals surface area contributed by atoms with Crippen LogP contribution in [0.25, 0.3) is 0 Å². The Balaban J connectivity index is 3.09. The van der Waals surface area contributed by atoms with Gasteiger partial charge in [-0.1, -0.05) is 37.9 Å². The third kappa shape index (κ3) is 2.73. The van der Waals surface area contributed by atoms with Gasteiger partial charge in [-0.15, -0.1) is 0 Å². The number of benzene rings is 1. The SMILES string of the molecule is CCC(C)C(N)c1cc(C)c(Cl)cc1C. The lowest BCUT2D eigenvalue weighted by atomic mass is 9.90. The van der Waals surface area contributed by atoms with Crippen molar-refractivity contribution in [1.82, 2.24) is 0 Å². The van der Waals surface area contributed by atoms with Gasteiger partial charge in [0.2, 0.25) is 0 Å². The van der Waals surface area contributed by atoms with Gasteiger partial charge in [-0.2, -0.15) is 0 Å². The van der Waals surface area contributed by atoms with Crippen molar-refractivity contribution in [2.45, 2.75) is 40.2 Å². The van der Waals surface area contributed by atoms with E-state index in [1.807, 2.05) is 13.0 Å². The standard InChI is InChI=1S/C13H20ClN/c1-5-8(2)13(15)11-6-10(4)12(14)7-9(11)3/h6-8,13H,5,15H2,1-4H3. The minimum absolute atomic E-state index is 0.117. The summed E-state index contributed by atoms with van der Waals surface area (Å²) in [6.07, 6.45) is 1.10. The highest BCUT2D eigenvalue weighted by molar-refractivity contribution is 6.31. The van der Waals surface area contributed by atoms with Crippen molar-refractivity contribution in [3.63, 3.8) is 0 Å². The average Bonchev–Trinajstić information content (AvgIpc) is 2.21. The fraction of sp³-hybridized carbons (Fsp3) is 0.538. The summed E-state index contributed by atoms with van der Waals surface area (Å²) in [7, 11) is 0. The Morgan fingerprint density at radius 2 is 1.87 bits per heavy atom. The summed E-state index contributed by atoms with van der Waals surface area (Å²) >= 11 is 6.06. The van der Waals surface area contributed by atoms with Gasteiger partial charge in [0, 0.05) is 11.1 Å². The minimum Gasteiger partial charge on any atom is -0.324 e. The minimum atomic E-state index is 0.117. The van der Waals surface area contributed by atoms with Crippen LogP contribution in [0.15, 0.2) is 12.1 Å².